The highest BCUT2D eigenvalue weighted by atomic mass is 16.5. The number of imide groups is 1. The second-order valence-electron chi connectivity index (χ2n) is 7.18. The highest BCUT2D eigenvalue weighted by Gasteiger charge is 2.57. The molecule has 0 aliphatic carbocycles. The normalized spacial score (nSPS) is 25.8. The highest BCUT2D eigenvalue weighted by Crippen LogP contribution is 2.24. The lowest BCUT2D eigenvalue weighted by Crippen LogP contribution is -2.65. The van der Waals surface area contributed by atoms with Crippen molar-refractivity contribution >= 4 is 17.9 Å². The average Bonchev–Trinajstić information content (AvgIpc) is 3.10. The van der Waals surface area contributed by atoms with Crippen molar-refractivity contribution in [2.24, 2.45) is 0 Å². The fourth-order valence-electron chi connectivity index (χ4n) is 4.01. The average molecular weight is 372 g/mol. The van der Waals surface area contributed by atoms with Gasteiger partial charge in [0, 0.05) is 20.5 Å². The van der Waals surface area contributed by atoms with E-state index < -0.39 is 6.04 Å². The van der Waals surface area contributed by atoms with Crippen LogP contribution in [-0.2, 0) is 16.0 Å². The van der Waals surface area contributed by atoms with E-state index in [2.05, 4.69) is 26.9 Å². The Morgan fingerprint density at radius 2 is 1.85 bits per heavy atom. The first-order valence-electron chi connectivity index (χ1n) is 9.39. The number of fused-ring (bicyclic) bond motifs is 1. The van der Waals surface area contributed by atoms with E-state index in [1.165, 1.54) is 10.5 Å². The summed E-state index contributed by atoms with van der Waals surface area (Å²) in [6.45, 7) is 3.56. The van der Waals surface area contributed by atoms with Crippen LogP contribution >= 0.6 is 0 Å². The van der Waals surface area contributed by atoms with Crippen molar-refractivity contribution in [3.8, 4) is 0 Å². The summed E-state index contributed by atoms with van der Waals surface area (Å²) in [5, 5.41) is 3.45. The number of likely N-dealkylation sites (N-methyl/N-ethyl adjacent to an activating group) is 2. The Bertz CT molecular complexity index is 758. The Morgan fingerprint density at radius 1 is 1.15 bits per heavy atom. The van der Waals surface area contributed by atoms with Crippen molar-refractivity contribution in [2.75, 3.05) is 46.9 Å². The molecule has 0 bridgehead atoms. The molecule has 8 nitrogen and oxygen atoms in total. The van der Waals surface area contributed by atoms with Crippen LogP contribution < -0.4 is 5.32 Å². The van der Waals surface area contributed by atoms with Gasteiger partial charge in [-0.15, -0.1) is 0 Å². The van der Waals surface area contributed by atoms with Gasteiger partial charge in [-0.2, -0.15) is 0 Å². The molecule has 2 atom stereocenters. The molecule has 3 aliphatic heterocycles. The van der Waals surface area contributed by atoms with Gasteiger partial charge in [-0.1, -0.05) is 30.3 Å². The van der Waals surface area contributed by atoms with Crippen molar-refractivity contribution in [1.82, 2.24) is 20.0 Å². The first-order chi connectivity index (χ1) is 13.1. The molecule has 8 heteroatoms. The predicted molar refractivity (Wildman–Crippen MR) is 99.3 cm³/mol. The maximum absolute atomic E-state index is 13.0. The van der Waals surface area contributed by atoms with Crippen molar-refractivity contribution in [2.45, 2.75) is 18.6 Å². The van der Waals surface area contributed by atoms with Gasteiger partial charge in [-0.3, -0.25) is 24.5 Å². The minimum atomic E-state index is -0.417. The molecule has 144 valence electrons. The Labute approximate surface area is 159 Å². The number of nitrogens with one attached hydrogen (secondary N) is 1. The van der Waals surface area contributed by atoms with Crippen molar-refractivity contribution < 1.29 is 18.9 Å². The topological polar surface area (TPSA) is 68.1 Å². The van der Waals surface area contributed by atoms with E-state index in [9.17, 15) is 9.59 Å². The molecule has 0 aromatic heterocycles. The van der Waals surface area contributed by atoms with E-state index in [0.29, 0.717) is 19.8 Å². The molecule has 1 aromatic rings. The van der Waals surface area contributed by atoms with Gasteiger partial charge >= 0.3 is 12.0 Å². The van der Waals surface area contributed by atoms with Crippen LogP contribution in [-0.4, -0.2) is 96.3 Å². The maximum Gasteiger partial charge on any atom is 0.351 e. The number of hydrogen-bond donors (Lipinski definition) is 1. The molecule has 0 spiro atoms. The van der Waals surface area contributed by atoms with Crippen LogP contribution in [0.2, 0.25) is 0 Å². The Morgan fingerprint density at radius 3 is 2.56 bits per heavy atom. The van der Waals surface area contributed by atoms with Gasteiger partial charge in [0.2, 0.25) is 6.04 Å². The number of amides is 3. The minimum Gasteiger partial charge on any atom is -0.375 e. The molecule has 1 aromatic carbocycles. The zero-order valence-electron chi connectivity index (χ0n) is 15.8. The lowest BCUT2D eigenvalue weighted by atomic mass is 10.1. The maximum atomic E-state index is 13.0. The number of carbonyl (C=O) groups excluding carboxylic acids is 2. The molecule has 0 saturated carbocycles. The molecule has 3 saturated heterocycles. The summed E-state index contributed by atoms with van der Waals surface area (Å²) in [6.07, 6.45) is 0.476. The second-order valence-corrected chi connectivity index (χ2v) is 7.18. The lowest BCUT2D eigenvalue weighted by Gasteiger charge is -2.36. The number of morpholine rings is 1. The zero-order chi connectivity index (χ0) is 19.0. The van der Waals surface area contributed by atoms with Gasteiger partial charge in [-0.05, 0) is 5.56 Å². The van der Waals surface area contributed by atoms with E-state index in [1.807, 2.05) is 18.2 Å². The molecule has 3 amide bonds. The molecule has 4 rings (SSSR count). The minimum absolute atomic E-state index is 0.160. The molecular weight excluding hydrogens is 346 g/mol. The number of carbonyl (C=O) groups is 2. The molecule has 0 radical (unpaired) electrons. The fourth-order valence-corrected chi connectivity index (χ4v) is 4.01. The molecule has 27 heavy (non-hydrogen) atoms. The third-order valence-electron chi connectivity index (χ3n) is 5.57. The van der Waals surface area contributed by atoms with Crippen LogP contribution in [0.1, 0.15) is 5.56 Å². The number of hydrogen-bond acceptors (Lipinski definition) is 3. The van der Waals surface area contributed by atoms with Crippen LogP contribution in [0.4, 0.5) is 4.79 Å². The van der Waals surface area contributed by atoms with Crippen LogP contribution in [0.15, 0.2) is 30.3 Å². The number of rotatable bonds is 3. The Balaban J connectivity index is 1.66. The van der Waals surface area contributed by atoms with Crippen molar-refractivity contribution in [1.29, 1.82) is 0 Å². The summed E-state index contributed by atoms with van der Waals surface area (Å²) in [4.78, 5) is 30.3. The number of ether oxygens (including phenoxy) is 1. The fraction of sp³-hybridized carbons (Fsp3) is 0.526. The third-order valence-corrected chi connectivity index (χ3v) is 5.57. The van der Waals surface area contributed by atoms with Crippen LogP contribution in [0.3, 0.4) is 0 Å². The van der Waals surface area contributed by atoms with Crippen LogP contribution in [0.25, 0.3) is 0 Å². The summed E-state index contributed by atoms with van der Waals surface area (Å²) < 4.78 is 7.70. The molecular formula is C19H26N5O3+. The molecule has 3 fully saturated rings. The van der Waals surface area contributed by atoms with E-state index in [1.54, 1.807) is 19.0 Å². The van der Waals surface area contributed by atoms with Crippen LogP contribution in [0, 0.1) is 0 Å². The van der Waals surface area contributed by atoms with Gasteiger partial charge in [0.25, 0.3) is 5.91 Å². The van der Waals surface area contributed by atoms with E-state index in [0.717, 1.165) is 25.5 Å². The Hall–Kier alpha value is -2.61. The number of nitrogens with zero attached hydrogens (tertiary/aromatic N) is 4. The predicted octanol–water partition coefficient (Wildman–Crippen LogP) is -0.248. The number of guanidine groups is 1. The van der Waals surface area contributed by atoms with Gasteiger partial charge < -0.3 is 4.74 Å². The van der Waals surface area contributed by atoms with Gasteiger partial charge in [-0.25, -0.2) is 9.69 Å². The van der Waals surface area contributed by atoms with Crippen LogP contribution in [0.5, 0.6) is 0 Å². The number of benzene rings is 1. The monoisotopic (exact) mass is 372 g/mol. The third kappa shape index (κ3) is 3.14. The summed E-state index contributed by atoms with van der Waals surface area (Å²) >= 11 is 0. The summed E-state index contributed by atoms with van der Waals surface area (Å²) in [6, 6.07) is 9.55. The quantitative estimate of drug-likeness (QED) is 0.742. The van der Waals surface area contributed by atoms with Crippen molar-refractivity contribution in [3.05, 3.63) is 35.9 Å². The first-order valence-corrected chi connectivity index (χ1v) is 9.39. The molecule has 3 aliphatic rings. The first kappa shape index (κ1) is 17.8. The summed E-state index contributed by atoms with van der Waals surface area (Å²) in [7, 11) is 3.30. The molecule has 1 N–H and O–H groups in total. The smallest absolute Gasteiger partial charge is 0.351 e. The second kappa shape index (κ2) is 7.19. The summed E-state index contributed by atoms with van der Waals surface area (Å²) in [5.41, 5.74) is 1.23. The van der Waals surface area contributed by atoms with Gasteiger partial charge in [0.05, 0.1) is 32.8 Å². The van der Waals surface area contributed by atoms with Crippen molar-refractivity contribution in [3.63, 3.8) is 0 Å². The lowest BCUT2D eigenvalue weighted by molar-refractivity contribution is -0.554. The number of urea groups is 1. The zero-order valence-corrected chi connectivity index (χ0v) is 15.8. The highest BCUT2D eigenvalue weighted by molar-refractivity contribution is 6.03. The van der Waals surface area contributed by atoms with E-state index >= 15 is 0 Å². The largest absolute Gasteiger partial charge is 0.375 e. The Kier molecular flexibility index (Phi) is 4.73. The summed E-state index contributed by atoms with van der Waals surface area (Å²) in [5.74, 6) is 0.763. The standard InChI is InChI=1S/C19H25N5O3/c1-21-16-15(17(25)22(2)19(21)26)24(9-8-14-6-4-3-5-7-14)18(20-16)23-10-12-27-13-11-23/h3-7,15-16H,8-13H2,1-2H3/p+1/t15-,16+/m0/s1. The SMILES string of the molecule is CN1C(=O)[C@@H]2[C@H](NC(=[N+]3CCOCC3)N2CCc2ccccc2)N(C)C1=O. The van der Waals surface area contributed by atoms with E-state index in [-0.39, 0.29) is 18.1 Å². The van der Waals surface area contributed by atoms with E-state index in [4.69, 9.17) is 4.74 Å². The molecule has 3 heterocycles. The van der Waals surface area contributed by atoms with Gasteiger partial charge in [0.15, 0.2) is 6.17 Å². The van der Waals surface area contributed by atoms with Gasteiger partial charge in [0.1, 0.15) is 0 Å². The molecule has 0 unspecified atom stereocenters.